The molecule has 1 aromatic rings. The molecule has 1 N–H and O–H groups in total. The molecule has 0 heterocycles. The first-order chi connectivity index (χ1) is 14.4. The Morgan fingerprint density at radius 3 is 1.31 bits per heavy atom. The van der Waals surface area contributed by atoms with Crippen LogP contribution in [0, 0.1) is 0 Å². The Morgan fingerprint density at radius 1 is 0.594 bits per heavy atom. The zero-order valence-corrected chi connectivity index (χ0v) is 25.6. The zero-order chi connectivity index (χ0) is 22.5. The van der Waals surface area contributed by atoms with E-state index in [0.29, 0.717) is 0 Å². The summed E-state index contributed by atoms with van der Waals surface area (Å²) in [7, 11) is 11.0. The number of hydrogen-bond donors (Lipinski definition) is 1. The summed E-state index contributed by atoms with van der Waals surface area (Å²) in [5.41, 5.74) is 1.46. The summed E-state index contributed by atoms with van der Waals surface area (Å²) >= 11 is 0. The summed E-state index contributed by atoms with van der Waals surface area (Å²) < 4.78 is 1.11. The lowest BCUT2D eigenvalue weighted by Crippen LogP contribution is -3.02. The van der Waals surface area contributed by atoms with Crippen molar-refractivity contribution in [3.8, 4) is 0 Å². The minimum atomic E-state index is 0. The summed E-state index contributed by atoms with van der Waals surface area (Å²) in [6, 6.07) is 10.9. The van der Waals surface area contributed by atoms with Crippen molar-refractivity contribution in [2.24, 2.45) is 0 Å². The molecule has 0 saturated carbocycles. The average Bonchev–Trinajstić information content (AvgIpc) is 2.68. The number of unbranched alkanes of at least 4 members (excludes halogenated alkanes) is 13. The minimum Gasteiger partial charge on any atom is -1.00 e. The number of benzene rings is 1. The molecule has 0 unspecified atom stereocenters. The maximum absolute atomic E-state index is 2.37. The summed E-state index contributed by atoms with van der Waals surface area (Å²) in [6.07, 6.45) is 20.2. The second kappa shape index (κ2) is 25.7. The third-order valence-corrected chi connectivity index (χ3v) is 5.57. The fourth-order valence-electron chi connectivity index (χ4n) is 3.89. The Hall–Kier alpha value is 0.1000. The van der Waals surface area contributed by atoms with E-state index in [2.05, 4.69) is 72.5 Å². The lowest BCUT2D eigenvalue weighted by atomic mass is 10.0. The van der Waals surface area contributed by atoms with E-state index in [1.54, 1.807) is 0 Å². The highest BCUT2D eigenvalue weighted by atomic mass is 79.9. The van der Waals surface area contributed by atoms with E-state index in [-0.39, 0.29) is 34.0 Å². The number of nitrogens with zero attached hydrogens (tertiary/aromatic N) is 1. The molecular weight excluding hydrogens is 524 g/mol. The van der Waals surface area contributed by atoms with Gasteiger partial charge in [-0.2, -0.15) is 0 Å². The molecule has 0 fully saturated rings. The third kappa shape index (κ3) is 28.1. The van der Waals surface area contributed by atoms with Crippen molar-refractivity contribution in [3.63, 3.8) is 0 Å². The normalized spacial score (nSPS) is 10.7. The molecule has 1 aromatic carbocycles. The highest BCUT2D eigenvalue weighted by molar-refractivity contribution is 5.13. The average molecular weight is 581 g/mol. The molecule has 0 aliphatic carbocycles. The van der Waals surface area contributed by atoms with Crippen LogP contribution in [-0.2, 0) is 6.54 Å². The highest BCUT2D eigenvalue weighted by Gasteiger charge is 2.14. The van der Waals surface area contributed by atoms with Gasteiger partial charge in [0, 0.05) is 5.56 Å². The monoisotopic (exact) mass is 578 g/mol. The lowest BCUT2D eigenvalue weighted by molar-refractivity contribution is -0.903. The molecule has 0 aromatic heterocycles. The maximum atomic E-state index is 2.37. The second-order valence-electron chi connectivity index (χ2n) is 10.4. The molecule has 4 heteroatoms. The van der Waals surface area contributed by atoms with E-state index < -0.39 is 0 Å². The Morgan fingerprint density at radius 2 is 0.938 bits per heavy atom. The SMILES string of the molecule is CCCCCCCCCCCCCCCC[N+](C)(C)Cc1ccccc1.C[NH+](C)C.[Br-].[Br-]. The van der Waals surface area contributed by atoms with E-state index in [1.165, 1.54) is 107 Å². The van der Waals surface area contributed by atoms with Crippen molar-refractivity contribution in [2.75, 3.05) is 41.8 Å². The minimum absolute atomic E-state index is 0. The number of hydrogen-bond acceptors (Lipinski definition) is 0. The summed E-state index contributed by atoms with van der Waals surface area (Å²) in [4.78, 5) is 1.42. The summed E-state index contributed by atoms with van der Waals surface area (Å²) in [5, 5.41) is 0. The molecule has 192 valence electrons. The molecule has 0 aliphatic rings. The quantitative estimate of drug-likeness (QED) is 0.203. The molecule has 0 aliphatic heterocycles. The molecule has 0 spiro atoms. The molecule has 0 amide bonds. The van der Waals surface area contributed by atoms with E-state index in [0.717, 1.165) is 11.0 Å². The number of halogens is 2. The molecule has 32 heavy (non-hydrogen) atoms. The Kier molecular flexibility index (Phi) is 29.5. The largest absolute Gasteiger partial charge is 1.00 e. The molecule has 0 atom stereocenters. The van der Waals surface area contributed by atoms with Crippen LogP contribution < -0.4 is 38.9 Å². The highest BCUT2D eigenvalue weighted by Crippen LogP contribution is 2.14. The van der Waals surface area contributed by atoms with Crippen LogP contribution in [-0.4, -0.2) is 46.3 Å². The van der Waals surface area contributed by atoms with E-state index in [1.807, 2.05) is 0 Å². The van der Waals surface area contributed by atoms with Crippen LogP contribution in [0.15, 0.2) is 30.3 Å². The number of rotatable bonds is 17. The standard InChI is InChI=1S/C25H46N.C3H9N.2BrH/c1-4-5-6-7-8-9-10-11-12-13-14-15-16-20-23-26(2,3)24-25-21-18-17-19-22-25;1-4(2)3;;/h17-19,21-22H,4-16,20,23-24H2,1-3H3;1-3H3;2*1H/q+1;;;/p-1. The van der Waals surface area contributed by atoms with Crippen LogP contribution in [0.3, 0.4) is 0 Å². The summed E-state index contributed by atoms with van der Waals surface area (Å²) in [5.74, 6) is 0. The van der Waals surface area contributed by atoms with Crippen LogP contribution in [0.1, 0.15) is 102 Å². The van der Waals surface area contributed by atoms with Gasteiger partial charge in [-0.1, -0.05) is 114 Å². The topological polar surface area (TPSA) is 4.44 Å². The molecule has 0 bridgehead atoms. The zero-order valence-electron chi connectivity index (χ0n) is 22.4. The molecule has 0 radical (unpaired) electrons. The van der Waals surface area contributed by atoms with Crippen LogP contribution in [0.4, 0.5) is 0 Å². The first-order valence-electron chi connectivity index (χ1n) is 13.0. The Labute approximate surface area is 223 Å². The van der Waals surface area contributed by atoms with Gasteiger partial charge in [0.25, 0.3) is 0 Å². The van der Waals surface area contributed by atoms with Gasteiger partial charge in [0.2, 0.25) is 0 Å². The van der Waals surface area contributed by atoms with Crippen LogP contribution in [0.5, 0.6) is 0 Å². The van der Waals surface area contributed by atoms with Gasteiger partial charge in [0.15, 0.2) is 0 Å². The van der Waals surface area contributed by atoms with Gasteiger partial charge in [-0.05, 0) is 12.8 Å². The van der Waals surface area contributed by atoms with Crippen molar-refractivity contribution in [2.45, 2.75) is 103 Å². The van der Waals surface area contributed by atoms with Crippen molar-refractivity contribution >= 4 is 0 Å². The smallest absolute Gasteiger partial charge is 0.104 e. The Bertz CT molecular complexity index is 461. The summed E-state index contributed by atoms with van der Waals surface area (Å²) in [6.45, 7) is 4.75. The fraction of sp³-hybridized carbons (Fsp3) is 0.786. The van der Waals surface area contributed by atoms with Crippen molar-refractivity contribution in [1.82, 2.24) is 0 Å². The van der Waals surface area contributed by atoms with Gasteiger partial charge in [-0.15, -0.1) is 0 Å². The Balaban J connectivity index is -0.00000129. The van der Waals surface area contributed by atoms with Crippen molar-refractivity contribution in [3.05, 3.63) is 35.9 Å². The third-order valence-electron chi connectivity index (χ3n) is 5.57. The van der Waals surface area contributed by atoms with E-state index >= 15 is 0 Å². The number of nitrogens with one attached hydrogen (secondary N) is 1. The van der Waals surface area contributed by atoms with Crippen molar-refractivity contribution in [1.29, 1.82) is 0 Å². The van der Waals surface area contributed by atoms with Gasteiger partial charge in [0.05, 0.1) is 41.8 Å². The van der Waals surface area contributed by atoms with Crippen LogP contribution in [0.2, 0.25) is 0 Å². The van der Waals surface area contributed by atoms with Gasteiger partial charge in [-0.3, -0.25) is 0 Å². The van der Waals surface area contributed by atoms with Gasteiger partial charge in [0.1, 0.15) is 6.54 Å². The second-order valence-corrected chi connectivity index (χ2v) is 10.4. The first-order valence-corrected chi connectivity index (χ1v) is 13.0. The maximum Gasteiger partial charge on any atom is 0.104 e. The predicted octanol–water partition coefficient (Wildman–Crippen LogP) is 0.513. The van der Waals surface area contributed by atoms with Gasteiger partial charge < -0.3 is 43.3 Å². The fourth-order valence-corrected chi connectivity index (χ4v) is 3.89. The molecule has 0 saturated heterocycles. The predicted molar refractivity (Wildman–Crippen MR) is 136 cm³/mol. The van der Waals surface area contributed by atoms with Crippen molar-refractivity contribution < 1.29 is 43.3 Å². The molecule has 1 rings (SSSR count). The van der Waals surface area contributed by atoms with E-state index in [4.69, 9.17) is 0 Å². The lowest BCUT2D eigenvalue weighted by Gasteiger charge is -2.30. The molecular formula is C28H56Br2N2. The van der Waals surface area contributed by atoms with Crippen LogP contribution in [0.25, 0.3) is 0 Å². The first kappa shape index (κ1) is 36.7. The molecule has 2 nitrogen and oxygen atoms in total. The van der Waals surface area contributed by atoms with Crippen LogP contribution >= 0.6 is 0 Å². The van der Waals surface area contributed by atoms with Gasteiger partial charge >= 0.3 is 0 Å². The number of quaternary nitrogens is 2. The van der Waals surface area contributed by atoms with Gasteiger partial charge in [-0.25, -0.2) is 0 Å². The van der Waals surface area contributed by atoms with E-state index in [9.17, 15) is 0 Å².